The Morgan fingerprint density at radius 2 is 2.33 bits per heavy atom. The molecule has 5 heteroatoms. The summed E-state index contributed by atoms with van der Waals surface area (Å²) in [6.07, 6.45) is 2.43. The molecular formula is C13H15FO3S. The number of halogens is 1. The maximum absolute atomic E-state index is 13.1. The number of ether oxygens (including phenoxy) is 1. The van der Waals surface area contributed by atoms with Crippen molar-refractivity contribution in [1.82, 2.24) is 0 Å². The van der Waals surface area contributed by atoms with Gasteiger partial charge in [-0.2, -0.15) is 11.8 Å². The summed E-state index contributed by atoms with van der Waals surface area (Å²) in [5, 5.41) is 8.58. The van der Waals surface area contributed by atoms with E-state index in [1.807, 2.05) is 0 Å². The summed E-state index contributed by atoms with van der Waals surface area (Å²) < 4.78 is 18.0. The summed E-state index contributed by atoms with van der Waals surface area (Å²) in [4.78, 5) is 10.5. The molecule has 0 spiro atoms. The largest absolute Gasteiger partial charge is 0.478 e. The molecule has 0 aliphatic carbocycles. The average molecular weight is 270 g/mol. The van der Waals surface area contributed by atoms with Crippen molar-refractivity contribution in [2.24, 2.45) is 0 Å². The van der Waals surface area contributed by atoms with Crippen LogP contribution in [0.5, 0.6) is 0 Å². The number of carboxylic acids is 1. The summed E-state index contributed by atoms with van der Waals surface area (Å²) in [5.74, 6) is 0.127. The van der Waals surface area contributed by atoms with Gasteiger partial charge in [0.25, 0.3) is 0 Å². The van der Waals surface area contributed by atoms with Crippen LogP contribution in [0.2, 0.25) is 0 Å². The van der Waals surface area contributed by atoms with Crippen molar-refractivity contribution >= 4 is 23.8 Å². The molecule has 0 atom stereocenters. The van der Waals surface area contributed by atoms with Crippen LogP contribution in [0.3, 0.4) is 0 Å². The predicted molar refractivity (Wildman–Crippen MR) is 71.1 cm³/mol. The number of rotatable bonds is 7. The smallest absolute Gasteiger partial charge is 0.328 e. The molecule has 0 fully saturated rings. The fraction of sp³-hybridized carbons (Fsp3) is 0.308. The first kappa shape index (κ1) is 14.7. The number of carboxylic acid groups (broad SMARTS) is 1. The lowest BCUT2D eigenvalue weighted by molar-refractivity contribution is -0.131. The van der Waals surface area contributed by atoms with Gasteiger partial charge in [0.1, 0.15) is 5.82 Å². The quantitative estimate of drug-likeness (QED) is 0.611. The third-order valence-corrected chi connectivity index (χ3v) is 3.17. The van der Waals surface area contributed by atoms with Crippen molar-refractivity contribution in [3.05, 3.63) is 41.2 Å². The Bertz CT molecular complexity index is 432. The van der Waals surface area contributed by atoms with Crippen LogP contribution in [0, 0.1) is 5.82 Å². The van der Waals surface area contributed by atoms with E-state index in [9.17, 15) is 9.18 Å². The molecular weight excluding hydrogens is 255 g/mol. The lowest BCUT2D eigenvalue weighted by atomic mass is 10.1. The number of benzene rings is 1. The number of aliphatic carboxylic acids is 1. The topological polar surface area (TPSA) is 46.5 Å². The molecule has 0 amide bonds. The minimum absolute atomic E-state index is 0.370. The standard InChI is InChI=1S/C13H15FO3S/c1-17-6-7-18-9-11-2-4-12(14)8-10(11)3-5-13(15)16/h2-5,8H,6-7,9H2,1H3,(H,15,16). The Kier molecular flexibility index (Phi) is 6.46. The second kappa shape index (κ2) is 7.89. The zero-order valence-electron chi connectivity index (χ0n) is 10.1. The van der Waals surface area contributed by atoms with Crippen molar-refractivity contribution in [2.45, 2.75) is 5.75 Å². The molecule has 1 aromatic rings. The van der Waals surface area contributed by atoms with Gasteiger partial charge in [0.15, 0.2) is 0 Å². The number of methoxy groups -OCH3 is 1. The van der Waals surface area contributed by atoms with Gasteiger partial charge < -0.3 is 9.84 Å². The highest BCUT2D eigenvalue weighted by atomic mass is 32.2. The van der Waals surface area contributed by atoms with Crippen molar-refractivity contribution in [3.63, 3.8) is 0 Å². The Hall–Kier alpha value is -1.33. The predicted octanol–water partition coefficient (Wildman–Crippen LogP) is 2.80. The van der Waals surface area contributed by atoms with Gasteiger partial charge >= 0.3 is 5.97 Å². The molecule has 0 heterocycles. The van der Waals surface area contributed by atoms with E-state index in [-0.39, 0.29) is 5.82 Å². The van der Waals surface area contributed by atoms with Gasteiger partial charge in [-0.15, -0.1) is 0 Å². The monoisotopic (exact) mass is 270 g/mol. The summed E-state index contributed by atoms with van der Waals surface area (Å²) in [6, 6.07) is 4.40. The highest BCUT2D eigenvalue weighted by Gasteiger charge is 2.02. The van der Waals surface area contributed by atoms with Crippen LogP contribution in [0.25, 0.3) is 6.08 Å². The molecule has 0 aliphatic rings. The first-order chi connectivity index (χ1) is 8.63. The maximum atomic E-state index is 13.1. The van der Waals surface area contributed by atoms with E-state index in [1.165, 1.54) is 18.2 Å². The molecule has 0 saturated heterocycles. The number of hydrogen-bond donors (Lipinski definition) is 1. The normalized spacial score (nSPS) is 11.0. The van der Waals surface area contributed by atoms with Gasteiger partial charge in [0.05, 0.1) is 6.61 Å². The zero-order chi connectivity index (χ0) is 13.4. The molecule has 98 valence electrons. The van der Waals surface area contributed by atoms with E-state index < -0.39 is 5.97 Å². The maximum Gasteiger partial charge on any atom is 0.328 e. The van der Waals surface area contributed by atoms with Gasteiger partial charge in [0, 0.05) is 24.7 Å². The van der Waals surface area contributed by atoms with E-state index in [4.69, 9.17) is 9.84 Å². The first-order valence-electron chi connectivity index (χ1n) is 5.39. The van der Waals surface area contributed by atoms with E-state index in [2.05, 4.69) is 0 Å². The third kappa shape index (κ3) is 5.33. The second-order valence-corrected chi connectivity index (χ2v) is 4.67. The first-order valence-corrected chi connectivity index (χ1v) is 6.55. The number of carbonyl (C=O) groups is 1. The molecule has 0 radical (unpaired) electrons. The fourth-order valence-electron chi connectivity index (χ4n) is 1.34. The lowest BCUT2D eigenvalue weighted by Gasteiger charge is -2.06. The highest BCUT2D eigenvalue weighted by Crippen LogP contribution is 2.19. The van der Waals surface area contributed by atoms with Crippen molar-refractivity contribution in [2.75, 3.05) is 19.5 Å². The average Bonchev–Trinajstić information content (AvgIpc) is 2.34. The van der Waals surface area contributed by atoms with Crippen LogP contribution < -0.4 is 0 Å². The van der Waals surface area contributed by atoms with E-state index >= 15 is 0 Å². The van der Waals surface area contributed by atoms with Crippen LogP contribution in [-0.4, -0.2) is 30.5 Å². The van der Waals surface area contributed by atoms with Crippen molar-refractivity contribution in [3.8, 4) is 0 Å². The Balaban J connectivity index is 2.73. The summed E-state index contributed by atoms with van der Waals surface area (Å²) >= 11 is 1.66. The van der Waals surface area contributed by atoms with Crippen LogP contribution in [0.15, 0.2) is 24.3 Å². The molecule has 0 aromatic heterocycles. The second-order valence-electron chi connectivity index (χ2n) is 3.56. The van der Waals surface area contributed by atoms with E-state index in [1.54, 1.807) is 24.9 Å². The molecule has 0 unspecified atom stereocenters. The molecule has 0 aliphatic heterocycles. The minimum Gasteiger partial charge on any atom is -0.478 e. The molecule has 1 aromatic carbocycles. The zero-order valence-corrected chi connectivity index (χ0v) is 10.9. The molecule has 0 saturated carbocycles. The minimum atomic E-state index is -1.04. The number of thioether (sulfide) groups is 1. The van der Waals surface area contributed by atoms with E-state index in [0.717, 1.165) is 17.4 Å². The van der Waals surface area contributed by atoms with Gasteiger partial charge in [-0.05, 0) is 29.3 Å². The Morgan fingerprint density at radius 1 is 1.56 bits per heavy atom. The molecule has 18 heavy (non-hydrogen) atoms. The van der Waals surface area contributed by atoms with Crippen molar-refractivity contribution in [1.29, 1.82) is 0 Å². The van der Waals surface area contributed by atoms with Gasteiger partial charge in [-0.3, -0.25) is 0 Å². The molecule has 1 rings (SSSR count). The Morgan fingerprint density at radius 3 is 3.00 bits per heavy atom. The summed E-state index contributed by atoms with van der Waals surface area (Å²) in [6.45, 7) is 0.659. The van der Waals surface area contributed by atoms with Crippen LogP contribution >= 0.6 is 11.8 Å². The molecule has 3 nitrogen and oxygen atoms in total. The number of hydrogen-bond acceptors (Lipinski definition) is 3. The van der Waals surface area contributed by atoms with Crippen LogP contribution in [0.4, 0.5) is 4.39 Å². The van der Waals surface area contributed by atoms with Crippen LogP contribution in [0.1, 0.15) is 11.1 Å². The highest BCUT2D eigenvalue weighted by molar-refractivity contribution is 7.98. The third-order valence-electron chi connectivity index (χ3n) is 2.20. The van der Waals surface area contributed by atoms with Gasteiger partial charge in [-0.25, -0.2) is 9.18 Å². The van der Waals surface area contributed by atoms with Crippen LogP contribution in [-0.2, 0) is 15.3 Å². The molecule has 1 N–H and O–H groups in total. The SMILES string of the molecule is COCCSCc1ccc(F)cc1C=CC(=O)O. The summed E-state index contributed by atoms with van der Waals surface area (Å²) in [7, 11) is 1.64. The lowest BCUT2D eigenvalue weighted by Crippen LogP contribution is -1.95. The van der Waals surface area contributed by atoms with E-state index in [0.29, 0.717) is 17.9 Å². The Labute approximate surface area is 110 Å². The summed E-state index contributed by atoms with van der Waals surface area (Å²) in [5.41, 5.74) is 1.51. The van der Waals surface area contributed by atoms with Gasteiger partial charge in [-0.1, -0.05) is 6.07 Å². The van der Waals surface area contributed by atoms with Crippen molar-refractivity contribution < 1.29 is 19.0 Å². The van der Waals surface area contributed by atoms with Gasteiger partial charge in [0.2, 0.25) is 0 Å². The fourth-order valence-corrected chi connectivity index (χ4v) is 2.25. The molecule has 0 bridgehead atoms.